The summed E-state index contributed by atoms with van der Waals surface area (Å²) >= 11 is 0. The number of methoxy groups -OCH3 is 1. The molecule has 0 atom stereocenters. The van der Waals surface area contributed by atoms with E-state index >= 15 is 0 Å². The van der Waals surface area contributed by atoms with Gasteiger partial charge in [0.1, 0.15) is 5.70 Å². The molecule has 0 saturated heterocycles. The highest BCUT2D eigenvalue weighted by Gasteiger charge is 2.34. The smallest absolute Gasteiger partial charge is 0.337 e. The highest BCUT2D eigenvalue weighted by Crippen LogP contribution is 2.24. The third-order valence-electron chi connectivity index (χ3n) is 3.61. The molecule has 7 heteroatoms. The second kappa shape index (κ2) is 7.75. The molecule has 1 aromatic rings. The molecule has 1 aromatic carbocycles. The second-order valence-corrected chi connectivity index (χ2v) is 5.05. The maximum Gasteiger partial charge on any atom is 0.337 e. The summed E-state index contributed by atoms with van der Waals surface area (Å²) in [5, 5.41) is 21.2. The van der Waals surface area contributed by atoms with Gasteiger partial charge in [-0.1, -0.05) is 18.2 Å². The minimum atomic E-state index is -0.582. The number of carbonyl (C=O) groups is 2. The lowest BCUT2D eigenvalue weighted by Gasteiger charge is -2.16. The number of amides is 1. The van der Waals surface area contributed by atoms with Gasteiger partial charge in [0, 0.05) is 18.8 Å². The van der Waals surface area contributed by atoms with Gasteiger partial charge in [-0.05, 0) is 18.1 Å². The molecule has 7 nitrogen and oxygen atoms in total. The number of β-amino-alcohol motifs (C(OH)–C–C–N with tert-alkyl or cyclic N) is 1. The van der Waals surface area contributed by atoms with Crippen molar-refractivity contribution in [1.82, 2.24) is 4.90 Å². The molecule has 0 radical (unpaired) electrons. The van der Waals surface area contributed by atoms with Crippen LogP contribution in [-0.2, 0) is 20.7 Å². The first-order valence-electron chi connectivity index (χ1n) is 7.29. The van der Waals surface area contributed by atoms with E-state index in [1.165, 1.54) is 12.0 Å². The average Bonchev–Trinajstić information content (AvgIpc) is 2.86. The third kappa shape index (κ3) is 3.69. The number of aliphatic hydroxyl groups is 2. The zero-order valence-corrected chi connectivity index (χ0v) is 12.9. The van der Waals surface area contributed by atoms with Gasteiger partial charge in [0.05, 0.1) is 25.8 Å². The minimum Gasteiger partial charge on any atom is -0.466 e. The molecule has 1 aliphatic rings. The molecule has 0 spiro atoms. The van der Waals surface area contributed by atoms with Crippen molar-refractivity contribution in [3.05, 3.63) is 41.1 Å². The van der Waals surface area contributed by atoms with Crippen molar-refractivity contribution in [2.45, 2.75) is 6.42 Å². The standard InChI is InChI=1S/C16H20N2O5/c1-23-16(22)12-10-18(7-9-20)15(21)14(12)17-13-5-3-2-4-11(13)6-8-19/h2-5,17,19-20H,6-10H2,1H3. The highest BCUT2D eigenvalue weighted by molar-refractivity contribution is 6.08. The Morgan fingerprint density at radius 1 is 1.30 bits per heavy atom. The van der Waals surface area contributed by atoms with Crippen LogP contribution < -0.4 is 5.32 Å². The number of nitrogens with one attached hydrogen (secondary N) is 1. The Morgan fingerprint density at radius 2 is 2.04 bits per heavy atom. The van der Waals surface area contributed by atoms with Crippen molar-refractivity contribution < 1.29 is 24.5 Å². The summed E-state index contributed by atoms with van der Waals surface area (Å²) < 4.78 is 4.74. The van der Waals surface area contributed by atoms with Crippen molar-refractivity contribution >= 4 is 17.6 Å². The molecule has 1 aliphatic heterocycles. The number of para-hydroxylation sites is 1. The molecular formula is C16H20N2O5. The van der Waals surface area contributed by atoms with Gasteiger partial charge < -0.3 is 25.2 Å². The van der Waals surface area contributed by atoms with E-state index in [2.05, 4.69) is 5.32 Å². The van der Waals surface area contributed by atoms with Gasteiger partial charge >= 0.3 is 5.97 Å². The van der Waals surface area contributed by atoms with Crippen molar-refractivity contribution in [1.29, 1.82) is 0 Å². The lowest BCUT2D eigenvalue weighted by atomic mass is 10.1. The van der Waals surface area contributed by atoms with Crippen LogP contribution in [0, 0.1) is 0 Å². The number of esters is 1. The van der Waals surface area contributed by atoms with E-state index in [9.17, 15) is 9.59 Å². The quantitative estimate of drug-likeness (QED) is 0.607. The molecule has 0 aliphatic carbocycles. The zero-order valence-electron chi connectivity index (χ0n) is 12.9. The van der Waals surface area contributed by atoms with Crippen LogP contribution in [0.4, 0.5) is 5.69 Å². The molecule has 23 heavy (non-hydrogen) atoms. The molecule has 1 heterocycles. The lowest BCUT2D eigenvalue weighted by molar-refractivity contribution is -0.136. The van der Waals surface area contributed by atoms with Gasteiger partial charge in [0.25, 0.3) is 5.91 Å². The predicted molar refractivity (Wildman–Crippen MR) is 83.6 cm³/mol. The molecular weight excluding hydrogens is 300 g/mol. The molecule has 0 fully saturated rings. The van der Waals surface area contributed by atoms with Crippen LogP contribution in [0.3, 0.4) is 0 Å². The molecule has 0 unspecified atom stereocenters. The fourth-order valence-corrected chi connectivity index (χ4v) is 2.46. The normalized spacial score (nSPS) is 14.4. The van der Waals surface area contributed by atoms with Crippen LogP contribution in [0.15, 0.2) is 35.5 Å². The SMILES string of the molecule is COC(=O)C1=C(Nc2ccccc2CCO)C(=O)N(CCO)C1. The van der Waals surface area contributed by atoms with E-state index in [-0.39, 0.29) is 43.5 Å². The largest absolute Gasteiger partial charge is 0.466 e. The Morgan fingerprint density at radius 3 is 2.70 bits per heavy atom. The number of ether oxygens (including phenoxy) is 1. The first-order chi connectivity index (χ1) is 11.1. The van der Waals surface area contributed by atoms with Crippen LogP contribution in [0.5, 0.6) is 0 Å². The second-order valence-electron chi connectivity index (χ2n) is 5.05. The van der Waals surface area contributed by atoms with Gasteiger partial charge in [-0.15, -0.1) is 0 Å². The zero-order chi connectivity index (χ0) is 16.8. The van der Waals surface area contributed by atoms with E-state index in [1.54, 1.807) is 12.1 Å². The topological polar surface area (TPSA) is 99.1 Å². The molecule has 2 rings (SSSR count). The maximum atomic E-state index is 12.4. The van der Waals surface area contributed by atoms with Crippen LogP contribution in [0.1, 0.15) is 5.56 Å². The monoisotopic (exact) mass is 320 g/mol. The van der Waals surface area contributed by atoms with E-state index in [0.717, 1.165) is 5.56 Å². The van der Waals surface area contributed by atoms with Gasteiger partial charge in [0.15, 0.2) is 0 Å². The summed E-state index contributed by atoms with van der Waals surface area (Å²) in [5.74, 6) is -0.945. The Bertz CT molecular complexity index is 627. The Balaban J connectivity index is 2.33. The molecule has 0 aromatic heterocycles. The Hall–Kier alpha value is -2.38. The van der Waals surface area contributed by atoms with Gasteiger partial charge in [0.2, 0.25) is 0 Å². The van der Waals surface area contributed by atoms with Crippen LogP contribution in [0.25, 0.3) is 0 Å². The molecule has 1 amide bonds. The summed E-state index contributed by atoms with van der Waals surface area (Å²) in [4.78, 5) is 25.7. The average molecular weight is 320 g/mol. The highest BCUT2D eigenvalue weighted by atomic mass is 16.5. The fourth-order valence-electron chi connectivity index (χ4n) is 2.46. The molecule has 3 N–H and O–H groups in total. The van der Waals surface area contributed by atoms with E-state index in [4.69, 9.17) is 14.9 Å². The van der Waals surface area contributed by atoms with E-state index in [0.29, 0.717) is 12.1 Å². The number of rotatable bonds is 7. The molecule has 0 bridgehead atoms. The van der Waals surface area contributed by atoms with Crippen molar-refractivity contribution in [3.8, 4) is 0 Å². The molecule has 124 valence electrons. The predicted octanol–water partition coefficient (Wildman–Crippen LogP) is -0.105. The summed E-state index contributed by atoms with van der Waals surface area (Å²) in [5.41, 5.74) is 1.86. The van der Waals surface area contributed by atoms with Gasteiger partial charge in [-0.25, -0.2) is 4.79 Å². The first kappa shape index (κ1) is 17.0. The Kier molecular flexibility index (Phi) is 5.72. The number of aliphatic hydroxyl groups excluding tert-OH is 2. The number of nitrogens with zero attached hydrogens (tertiary/aromatic N) is 1. The van der Waals surface area contributed by atoms with Gasteiger partial charge in [-0.2, -0.15) is 0 Å². The van der Waals surface area contributed by atoms with Gasteiger partial charge in [-0.3, -0.25) is 4.79 Å². The molecule has 0 saturated carbocycles. The fraction of sp³-hybridized carbons (Fsp3) is 0.375. The van der Waals surface area contributed by atoms with Crippen molar-refractivity contribution in [2.24, 2.45) is 0 Å². The van der Waals surface area contributed by atoms with Crippen molar-refractivity contribution in [2.75, 3.05) is 38.7 Å². The number of hydrogen-bond acceptors (Lipinski definition) is 6. The number of carbonyl (C=O) groups excluding carboxylic acids is 2. The lowest BCUT2D eigenvalue weighted by Crippen LogP contribution is -2.31. The first-order valence-corrected chi connectivity index (χ1v) is 7.29. The maximum absolute atomic E-state index is 12.4. The van der Waals surface area contributed by atoms with Crippen LogP contribution in [-0.4, -0.2) is 60.4 Å². The summed E-state index contributed by atoms with van der Waals surface area (Å²) in [6, 6.07) is 7.24. The number of hydrogen-bond donors (Lipinski definition) is 3. The third-order valence-corrected chi connectivity index (χ3v) is 3.61. The van der Waals surface area contributed by atoms with E-state index < -0.39 is 5.97 Å². The minimum absolute atomic E-state index is 0.0216. The summed E-state index contributed by atoms with van der Waals surface area (Å²) in [6.07, 6.45) is 0.429. The van der Waals surface area contributed by atoms with Crippen LogP contribution >= 0.6 is 0 Å². The van der Waals surface area contributed by atoms with Crippen molar-refractivity contribution in [3.63, 3.8) is 0 Å². The van der Waals surface area contributed by atoms with E-state index in [1.807, 2.05) is 12.1 Å². The Labute approximate surface area is 134 Å². The van der Waals surface area contributed by atoms with Crippen LogP contribution in [0.2, 0.25) is 0 Å². The number of benzene rings is 1. The summed E-state index contributed by atoms with van der Waals surface area (Å²) in [6.45, 7) is 0.0279. The summed E-state index contributed by atoms with van der Waals surface area (Å²) in [7, 11) is 1.26. The number of anilines is 1.